The maximum atomic E-state index is 12.4. The molecule has 0 aliphatic carbocycles. The van der Waals surface area contributed by atoms with Crippen molar-refractivity contribution >= 4 is 5.91 Å². The van der Waals surface area contributed by atoms with E-state index in [1.165, 1.54) is 0 Å². The highest BCUT2D eigenvalue weighted by molar-refractivity contribution is 5.82. The van der Waals surface area contributed by atoms with Crippen molar-refractivity contribution in [1.82, 2.24) is 4.90 Å². The third-order valence-corrected chi connectivity index (χ3v) is 3.76. The first-order valence-corrected chi connectivity index (χ1v) is 7.40. The lowest BCUT2D eigenvalue weighted by Crippen LogP contribution is -2.47. The molecule has 20 heavy (non-hydrogen) atoms. The summed E-state index contributed by atoms with van der Waals surface area (Å²) in [5.74, 6) is 0.0202. The van der Waals surface area contributed by atoms with Crippen molar-refractivity contribution in [1.29, 1.82) is 0 Å². The maximum absolute atomic E-state index is 12.4. The van der Waals surface area contributed by atoms with Crippen molar-refractivity contribution < 1.29 is 9.53 Å². The molecule has 0 radical (unpaired) electrons. The average molecular weight is 276 g/mol. The van der Waals surface area contributed by atoms with Crippen LogP contribution in [0.4, 0.5) is 0 Å². The number of hydrogen-bond acceptors (Lipinski definition) is 3. The number of ether oxygens (including phenoxy) is 1. The summed E-state index contributed by atoms with van der Waals surface area (Å²) in [6, 6.07) is 9.44. The molecule has 0 saturated carbocycles. The van der Waals surface area contributed by atoms with E-state index in [2.05, 4.69) is 0 Å². The molecule has 2 rings (SSSR count). The number of hydrogen-bond donors (Lipinski definition) is 1. The van der Waals surface area contributed by atoms with Gasteiger partial charge in [-0.3, -0.25) is 4.79 Å². The molecule has 2 atom stereocenters. The number of benzene rings is 1. The Hall–Kier alpha value is -1.39. The number of nitrogens with zero attached hydrogens (tertiary/aromatic N) is 1. The van der Waals surface area contributed by atoms with E-state index in [-0.39, 0.29) is 12.0 Å². The fraction of sp³-hybridized carbons (Fsp3) is 0.562. The summed E-state index contributed by atoms with van der Waals surface area (Å²) in [5.41, 5.74) is 7.17. The molecule has 4 nitrogen and oxygen atoms in total. The summed E-state index contributed by atoms with van der Waals surface area (Å²) in [4.78, 5) is 14.2. The van der Waals surface area contributed by atoms with Crippen molar-refractivity contribution in [3.05, 3.63) is 35.9 Å². The fourth-order valence-electron chi connectivity index (χ4n) is 2.60. The molecule has 1 heterocycles. The van der Waals surface area contributed by atoms with Crippen molar-refractivity contribution in [2.24, 2.45) is 5.73 Å². The molecule has 2 N–H and O–H groups in total. The van der Waals surface area contributed by atoms with E-state index in [9.17, 15) is 4.79 Å². The van der Waals surface area contributed by atoms with E-state index < -0.39 is 6.04 Å². The van der Waals surface area contributed by atoms with Crippen LogP contribution in [0.3, 0.4) is 0 Å². The van der Waals surface area contributed by atoms with E-state index in [4.69, 9.17) is 10.5 Å². The second kappa shape index (κ2) is 7.41. The molecular formula is C16H24N2O2. The Morgan fingerprint density at radius 2 is 2.20 bits per heavy atom. The van der Waals surface area contributed by atoms with Gasteiger partial charge in [-0.1, -0.05) is 30.3 Å². The van der Waals surface area contributed by atoms with E-state index >= 15 is 0 Å². The lowest BCUT2D eigenvalue weighted by atomic mass is 10.1. The molecule has 4 heteroatoms. The van der Waals surface area contributed by atoms with Crippen LogP contribution in [0.25, 0.3) is 0 Å². The van der Waals surface area contributed by atoms with Gasteiger partial charge in [-0.15, -0.1) is 0 Å². The van der Waals surface area contributed by atoms with Crippen LogP contribution in [-0.4, -0.2) is 42.6 Å². The van der Waals surface area contributed by atoms with Crippen molar-refractivity contribution in [2.45, 2.75) is 38.3 Å². The largest absolute Gasteiger partial charge is 0.376 e. The number of carbonyl (C=O) groups is 1. The molecule has 1 aromatic rings. The van der Waals surface area contributed by atoms with Gasteiger partial charge in [0.15, 0.2) is 0 Å². The van der Waals surface area contributed by atoms with Gasteiger partial charge in [0.05, 0.1) is 12.1 Å². The summed E-state index contributed by atoms with van der Waals surface area (Å²) >= 11 is 0. The predicted octanol–water partition coefficient (Wildman–Crippen LogP) is 1.58. The SMILES string of the molecule is CCN(CC1CCCO1)C(=O)[C@@H](N)Cc1ccccc1. The number of likely N-dealkylation sites (N-methyl/N-ethyl adjacent to an activating group) is 1. The second-order valence-electron chi connectivity index (χ2n) is 5.31. The van der Waals surface area contributed by atoms with Gasteiger partial charge in [0, 0.05) is 19.7 Å². The van der Waals surface area contributed by atoms with Gasteiger partial charge >= 0.3 is 0 Å². The zero-order valence-corrected chi connectivity index (χ0v) is 12.1. The molecule has 0 spiro atoms. The van der Waals surface area contributed by atoms with Gasteiger partial charge in [0.25, 0.3) is 0 Å². The van der Waals surface area contributed by atoms with E-state index in [1.54, 1.807) is 0 Å². The molecule has 1 unspecified atom stereocenters. The van der Waals surface area contributed by atoms with Crippen molar-refractivity contribution in [3.63, 3.8) is 0 Å². The van der Waals surface area contributed by atoms with E-state index in [0.29, 0.717) is 19.5 Å². The Kier molecular flexibility index (Phi) is 5.56. The van der Waals surface area contributed by atoms with Crippen LogP contribution < -0.4 is 5.73 Å². The van der Waals surface area contributed by atoms with Gasteiger partial charge in [0.2, 0.25) is 5.91 Å². The van der Waals surface area contributed by atoms with Gasteiger partial charge in [-0.25, -0.2) is 0 Å². The number of amides is 1. The topological polar surface area (TPSA) is 55.6 Å². The fourth-order valence-corrected chi connectivity index (χ4v) is 2.60. The van der Waals surface area contributed by atoms with Crippen LogP contribution in [0.2, 0.25) is 0 Å². The molecule has 1 aliphatic heterocycles. The second-order valence-corrected chi connectivity index (χ2v) is 5.31. The van der Waals surface area contributed by atoms with Crippen LogP contribution in [0, 0.1) is 0 Å². The van der Waals surface area contributed by atoms with Crippen LogP contribution in [-0.2, 0) is 16.0 Å². The van der Waals surface area contributed by atoms with Crippen LogP contribution in [0.1, 0.15) is 25.3 Å². The Morgan fingerprint density at radius 1 is 1.45 bits per heavy atom. The Bertz CT molecular complexity index is 416. The number of nitrogens with two attached hydrogens (primary N) is 1. The zero-order chi connectivity index (χ0) is 14.4. The molecule has 1 aromatic carbocycles. The molecule has 110 valence electrons. The van der Waals surface area contributed by atoms with Crippen molar-refractivity contribution in [3.8, 4) is 0 Å². The van der Waals surface area contributed by atoms with Crippen LogP contribution >= 0.6 is 0 Å². The third-order valence-electron chi connectivity index (χ3n) is 3.76. The summed E-state index contributed by atoms with van der Waals surface area (Å²) in [6.07, 6.45) is 2.90. The van der Waals surface area contributed by atoms with Gasteiger partial charge in [-0.2, -0.15) is 0 Å². The Labute approximate surface area is 120 Å². The molecule has 1 saturated heterocycles. The van der Waals surface area contributed by atoms with E-state index in [0.717, 1.165) is 25.0 Å². The quantitative estimate of drug-likeness (QED) is 0.858. The summed E-state index contributed by atoms with van der Waals surface area (Å²) in [5, 5.41) is 0. The highest BCUT2D eigenvalue weighted by atomic mass is 16.5. The highest BCUT2D eigenvalue weighted by Gasteiger charge is 2.25. The standard InChI is InChI=1S/C16H24N2O2/c1-2-18(12-14-9-6-10-20-14)16(19)15(17)11-13-7-4-3-5-8-13/h3-5,7-8,14-15H,2,6,9-12,17H2,1H3/t14?,15-/m0/s1. The summed E-state index contributed by atoms with van der Waals surface area (Å²) in [6.45, 7) is 4.15. The first-order valence-electron chi connectivity index (χ1n) is 7.40. The van der Waals surface area contributed by atoms with Gasteiger partial charge < -0.3 is 15.4 Å². The zero-order valence-electron chi connectivity index (χ0n) is 12.1. The normalized spacial score (nSPS) is 19.8. The number of carbonyl (C=O) groups excluding carboxylic acids is 1. The minimum absolute atomic E-state index is 0.0202. The summed E-state index contributed by atoms with van der Waals surface area (Å²) < 4.78 is 5.60. The monoisotopic (exact) mass is 276 g/mol. The smallest absolute Gasteiger partial charge is 0.239 e. The predicted molar refractivity (Wildman–Crippen MR) is 79.3 cm³/mol. The Balaban J connectivity index is 1.89. The lowest BCUT2D eigenvalue weighted by Gasteiger charge is -2.26. The molecule has 1 amide bonds. The minimum Gasteiger partial charge on any atom is -0.376 e. The molecule has 0 aromatic heterocycles. The highest BCUT2D eigenvalue weighted by Crippen LogP contribution is 2.14. The molecular weight excluding hydrogens is 252 g/mol. The average Bonchev–Trinajstić information content (AvgIpc) is 2.98. The molecule has 1 aliphatic rings. The van der Waals surface area contributed by atoms with Gasteiger partial charge in [-0.05, 0) is 31.7 Å². The number of rotatable bonds is 6. The first kappa shape index (κ1) is 15.0. The molecule has 0 bridgehead atoms. The molecule has 1 fully saturated rings. The third kappa shape index (κ3) is 4.05. The Morgan fingerprint density at radius 3 is 2.80 bits per heavy atom. The van der Waals surface area contributed by atoms with Gasteiger partial charge in [0.1, 0.15) is 0 Å². The van der Waals surface area contributed by atoms with Crippen molar-refractivity contribution in [2.75, 3.05) is 19.7 Å². The maximum Gasteiger partial charge on any atom is 0.239 e. The first-order chi connectivity index (χ1) is 9.70. The van der Waals surface area contributed by atoms with Crippen LogP contribution in [0.5, 0.6) is 0 Å². The summed E-state index contributed by atoms with van der Waals surface area (Å²) in [7, 11) is 0. The van der Waals surface area contributed by atoms with Crippen LogP contribution in [0.15, 0.2) is 30.3 Å². The minimum atomic E-state index is -0.473. The van der Waals surface area contributed by atoms with E-state index in [1.807, 2.05) is 42.2 Å². The lowest BCUT2D eigenvalue weighted by molar-refractivity contribution is -0.133.